The van der Waals surface area contributed by atoms with Crippen LogP contribution in [-0.2, 0) is 0 Å². The van der Waals surface area contributed by atoms with Gasteiger partial charge in [-0.05, 0) is 24.6 Å². The molecule has 0 bridgehead atoms. The monoisotopic (exact) mass is 321 g/mol. The van der Waals surface area contributed by atoms with Gasteiger partial charge in [0, 0.05) is 12.7 Å². The summed E-state index contributed by atoms with van der Waals surface area (Å²) in [6.45, 7) is 1.20. The van der Waals surface area contributed by atoms with E-state index in [0.717, 1.165) is 17.9 Å². The first-order valence-corrected chi connectivity index (χ1v) is 7.68. The highest BCUT2D eigenvalue weighted by molar-refractivity contribution is 6.07. The lowest BCUT2D eigenvalue weighted by atomic mass is 10.2. The zero-order valence-electron chi connectivity index (χ0n) is 12.9. The summed E-state index contributed by atoms with van der Waals surface area (Å²) in [6, 6.07) is 9.34. The van der Waals surface area contributed by atoms with E-state index < -0.39 is 0 Å². The van der Waals surface area contributed by atoms with Gasteiger partial charge in [0.15, 0.2) is 0 Å². The smallest absolute Gasteiger partial charge is 0.260 e. The van der Waals surface area contributed by atoms with Crippen LogP contribution in [0.3, 0.4) is 0 Å². The fraction of sp³-hybridized carbons (Fsp3) is 0.176. The molecule has 1 amide bonds. The number of anilines is 1. The number of pyridine rings is 1. The lowest BCUT2D eigenvalue weighted by molar-refractivity contribution is 0.0987. The number of rotatable bonds is 2. The van der Waals surface area contributed by atoms with Gasteiger partial charge in [0.1, 0.15) is 5.75 Å². The van der Waals surface area contributed by atoms with Crippen molar-refractivity contribution in [1.29, 1.82) is 0 Å². The van der Waals surface area contributed by atoms with Gasteiger partial charge in [0.05, 0.1) is 42.1 Å². The fourth-order valence-corrected chi connectivity index (χ4v) is 2.71. The highest BCUT2D eigenvalue weighted by Gasteiger charge is 2.23. The van der Waals surface area contributed by atoms with Crippen molar-refractivity contribution in [1.82, 2.24) is 20.0 Å². The van der Waals surface area contributed by atoms with E-state index in [2.05, 4.69) is 15.3 Å². The van der Waals surface area contributed by atoms with Crippen molar-refractivity contribution in [2.45, 2.75) is 6.42 Å². The van der Waals surface area contributed by atoms with Crippen LogP contribution in [0, 0.1) is 0 Å². The summed E-state index contributed by atoms with van der Waals surface area (Å²) in [5, 5.41) is 7.71. The van der Waals surface area contributed by atoms with E-state index in [-0.39, 0.29) is 5.91 Å². The van der Waals surface area contributed by atoms with E-state index in [0.29, 0.717) is 24.4 Å². The first-order valence-electron chi connectivity index (χ1n) is 7.68. The van der Waals surface area contributed by atoms with Crippen LogP contribution in [-0.4, -0.2) is 39.0 Å². The SMILES string of the molecule is O=C(c1cncc(-n2ccnn2)c1)N1CCCOc2ccccc21. The van der Waals surface area contributed by atoms with E-state index in [1.807, 2.05) is 24.3 Å². The molecule has 1 aliphatic rings. The second-order valence-electron chi connectivity index (χ2n) is 5.41. The lowest BCUT2D eigenvalue weighted by Gasteiger charge is -2.21. The fourth-order valence-electron chi connectivity index (χ4n) is 2.71. The summed E-state index contributed by atoms with van der Waals surface area (Å²) >= 11 is 0. The number of aromatic nitrogens is 4. The van der Waals surface area contributed by atoms with Crippen molar-refractivity contribution in [3.05, 3.63) is 60.7 Å². The molecule has 0 atom stereocenters. The Morgan fingerprint density at radius 1 is 1.21 bits per heavy atom. The maximum atomic E-state index is 13.0. The van der Waals surface area contributed by atoms with Crippen LogP contribution in [0.1, 0.15) is 16.8 Å². The summed E-state index contributed by atoms with van der Waals surface area (Å²) in [7, 11) is 0. The Kier molecular flexibility index (Phi) is 3.66. The standard InChI is InChI=1S/C17H15N5O2/c23-17(13-10-14(12-18-11-13)22-8-6-19-20-22)21-7-3-9-24-16-5-2-1-4-15(16)21/h1-2,4-6,8,10-12H,3,7,9H2. The molecule has 1 aliphatic heterocycles. The Hall–Kier alpha value is -3.22. The molecule has 0 saturated heterocycles. The third-order valence-electron chi connectivity index (χ3n) is 3.84. The Morgan fingerprint density at radius 3 is 3.00 bits per heavy atom. The molecule has 7 nitrogen and oxygen atoms in total. The second-order valence-corrected chi connectivity index (χ2v) is 5.41. The molecule has 4 rings (SSSR count). The van der Waals surface area contributed by atoms with Crippen LogP contribution >= 0.6 is 0 Å². The van der Waals surface area contributed by atoms with Crippen molar-refractivity contribution in [2.24, 2.45) is 0 Å². The van der Waals surface area contributed by atoms with Gasteiger partial charge in [-0.25, -0.2) is 4.68 Å². The number of para-hydroxylation sites is 2. The molecular weight excluding hydrogens is 306 g/mol. The van der Waals surface area contributed by atoms with Crippen LogP contribution in [0.5, 0.6) is 5.75 Å². The van der Waals surface area contributed by atoms with Gasteiger partial charge in [-0.2, -0.15) is 0 Å². The minimum atomic E-state index is -0.109. The van der Waals surface area contributed by atoms with Gasteiger partial charge in [-0.15, -0.1) is 5.10 Å². The number of fused-ring (bicyclic) bond motifs is 1. The molecule has 3 aromatic rings. The Balaban J connectivity index is 1.70. The van der Waals surface area contributed by atoms with Gasteiger partial charge < -0.3 is 9.64 Å². The highest BCUT2D eigenvalue weighted by atomic mass is 16.5. The molecule has 0 spiro atoms. The number of ether oxygens (including phenoxy) is 1. The molecule has 0 radical (unpaired) electrons. The maximum absolute atomic E-state index is 13.0. The predicted octanol–water partition coefficient (Wildman–Crippen LogP) is 2.09. The number of carbonyl (C=O) groups is 1. The minimum Gasteiger partial charge on any atom is -0.491 e. The Labute approximate surface area is 138 Å². The third kappa shape index (κ3) is 2.60. The van der Waals surface area contributed by atoms with Gasteiger partial charge in [-0.1, -0.05) is 17.3 Å². The molecule has 7 heteroatoms. The van der Waals surface area contributed by atoms with Gasteiger partial charge in [0.25, 0.3) is 5.91 Å². The highest BCUT2D eigenvalue weighted by Crippen LogP contribution is 2.31. The van der Waals surface area contributed by atoms with Crippen molar-refractivity contribution in [3.8, 4) is 11.4 Å². The molecule has 24 heavy (non-hydrogen) atoms. The quantitative estimate of drug-likeness (QED) is 0.722. The average molecular weight is 321 g/mol. The van der Waals surface area contributed by atoms with E-state index >= 15 is 0 Å². The Morgan fingerprint density at radius 2 is 2.12 bits per heavy atom. The molecule has 0 N–H and O–H groups in total. The van der Waals surface area contributed by atoms with Crippen molar-refractivity contribution in [3.63, 3.8) is 0 Å². The average Bonchev–Trinajstić information content (AvgIpc) is 3.08. The number of hydrogen-bond donors (Lipinski definition) is 0. The van der Waals surface area contributed by atoms with Crippen LogP contribution in [0.2, 0.25) is 0 Å². The summed E-state index contributed by atoms with van der Waals surface area (Å²) < 4.78 is 7.29. The van der Waals surface area contributed by atoms with E-state index in [1.165, 1.54) is 0 Å². The van der Waals surface area contributed by atoms with Crippen LogP contribution in [0.4, 0.5) is 5.69 Å². The minimum absolute atomic E-state index is 0.109. The normalized spacial score (nSPS) is 13.8. The molecule has 1 aromatic carbocycles. The van der Waals surface area contributed by atoms with Gasteiger partial charge in [-0.3, -0.25) is 9.78 Å². The number of benzene rings is 1. The van der Waals surface area contributed by atoms with Crippen molar-refractivity contribution >= 4 is 11.6 Å². The number of carbonyl (C=O) groups excluding carboxylic acids is 1. The first-order chi connectivity index (χ1) is 11.8. The summed E-state index contributed by atoms with van der Waals surface area (Å²) in [4.78, 5) is 18.9. The van der Waals surface area contributed by atoms with Gasteiger partial charge in [0.2, 0.25) is 0 Å². The van der Waals surface area contributed by atoms with Crippen molar-refractivity contribution < 1.29 is 9.53 Å². The molecule has 3 heterocycles. The number of hydrogen-bond acceptors (Lipinski definition) is 5. The Bertz CT molecular complexity index is 863. The van der Waals surface area contributed by atoms with Crippen molar-refractivity contribution in [2.75, 3.05) is 18.1 Å². The molecule has 0 fully saturated rings. The summed E-state index contributed by atoms with van der Waals surface area (Å²) in [6.07, 6.45) is 7.27. The number of amides is 1. The zero-order chi connectivity index (χ0) is 16.4. The van der Waals surface area contributed by atoms with Crippen LogP contribution < -0.4 is 9.64 Å². The van der Waals surface area contributed by atoms with E-state index in [1.54, 1.807) is 40.4 Å². The lowest BCUT2D eigenvalue weighted by Crippen LogP contribution is -2.31. The van der Waals surface area contributed by atoms with E-state index in [4.69, 9.17) is 4.74 Å². The zero-order valence-corrected chi connectivity index (χ0v) is 12.9. The first kappa shape index (κ1) is 14.4. The molecule has 120 valence electrons. The summed E-state index contributed by atoms with van der Waals surface area (Å²) in [5.41, 5.74) is 1.98. The third-order valence-corrected chi connectivity index (χ3v) is 3.84. The van der Waals surface area contributed by atoms with E-state index in [9.17, 15) is 4.79 Å². The topological polar surface area (TPSA) is 73.1 Å². The molecule has 0 aliphatic carbocycles. The van der Waals surface area contributed by atoms with Crippen LogP contribution in [0.25, 0.3) is 5.69 Å². The second kappa shape index (κ2) is 6.11. The largest absolute Gasteiger partial charge is 0.491 e. The predicted molar refractivity (Wildman–Crippen MR) is 87.4 cm³/mol. The summed E-state index contributed by atoms with van der Waals surface area (Å²) in [5.74, 6) is 0.617. The van der Waals surface area contributed by atoms with Crippen LogP contribution in [0.15, 0.2) is 55.1 Å². The number of nitrogens with zero attached hydrogens (tertiary/aromatic N) is 5. The maximum Gasteiger partial charge on any atom is 0.260 e. The molecule has 2 aromatic heterocycles. The van der Waals surface area contributed by atoms with Gasteiger partial charge >= 0.3 is 0 Å². The molecule has 0 unspecified atom stereocenters. The molecule has 0 saturated carbocycles. The molecular formula is C17H15N5O2.